The molecule has 0 spiro atoms. The third-order valence-corrected chi connectivity index (χ3v) is 4.26. The zero-order chi connectivity index (χ0) is 15.4. The Labute approximate surface area is 131 Å². The van der Waals surface area contributed by atoms with Crippen LogP contribution in [0.25, 0.3) is 11.4 Å². The Morgan fingerprint density at radius 3 is 2.81 bits per heavy atom. The largest absolute Gasteiger partial charge is 0.477 e. The van der Waals surface area contributed by atoms with Gasteiger partial charge in [0, 0.05) is 29.9 Å². The highest BCUT2D eigenvalue weighted by molar-refractivity contribution is 7.99. The number of thioether (sulfide) groups is 1. The van der Waals surface area contributed by atoms with Crippen molar-refractivity contribution in [2.45, 2.75) is 18.5 Å². The molecule has 0 saturated heterocycles. The van der Waals surface area contributed by atoms with E-state index in [1.165, 1.54) is 6.07 Å². The average molecular weight is 327 g/mol. The van der Waals surface area contributed by atoms with Gasteiger partial charge in [0.05, 0.1) is 0 Å². The van der Waals surface area contributed by atoms with Crippen LogP contribution in [0.3, 0.4) is 0 Å². The standard InChI is InChI=1S/C13H15ClN4O2S/c1-8-9(4-5-10(15-8)12(19)20)11-16-17-13(18(11)2)21-7-3-6-14/h4-5H,3,6-7H2,1-2H3,(H,19,20). The van der Waals surface area contributed by atoms with Gasteiger partial charge >= 0.3 is 5.97 Å². The highest BCUT2D eigenvalue weighted by atomic mass is 35.5. The number of hydrogen-bond donors (Lipinski definition) is 1. The second-order valence-corrected chi connectivity index (χ2v) is 5.83. The van der Waals surface area contributed by atoms with Crippen LogP contribution in [-0.4, -0.2) is 42.5 Å². The van der Waals surface area contributed by atoms with E-state index in [1.54, 1.807) is 24.8 Å². The minimum atomic E-state index is -1.04. The molecule has 1 N–H and O–H groups in total. The first-order chi connectivity index (χ1) is 10.0. The molecule has 0 saturated carbocycles. The summed E-state index contributed by atoms with van der Waals surface area (Å²) in [7, 11) is 1.88. The molecule has 0 aliphatic carbocycles. The first-order valence-corrected chi connectivity index (χ1v) is 7.86. The average Bonchev–Trinajstić information content (AvgIpc) is 2.80. The number of carbonyl (C=O) groups is 1. The van der Waals surface area contributed by atoms with E-state index in [9.17, 15) is 4.79 Å². The molecule has 21 heavy (non-hydrogen) atoms. The van der Waals surface area contributed by atoms with Gasteiger partial charge in [-0.05, 0) is 25.5 Å². The lowest BCUT2D eigenvalue weighted by molar-refractivity contribution is 0.0690. The monoisotopic (exact) mass is 326 g/mol. The Balaban J connectivity index is 2.28. The molecule has 0 fully saturated rings. The number of aromatic carboxylic acids is 1. The van der Waals surface area contributed by atoms with E-state index in [4.69, 9.17) is 16.7 Å². The molecule has 0 radical (unpaired) electrons. The van der Waals surface area contributed by atoms with Crippen molar-refractivity contribution in [2.75, 3.05) is 11.6 Å². The van der Waals surface area contributed by atoms with Crippen molar-refractivity contribution < 1.29 is 9.90 Å². The van der Waals surface area contributed by atoms with Crippen LogP contribution in [0.4, 0.5) is 0 Å². The summed E-state index contributed by atoms with van der Waals surface area (Å²) in [6.07, 6.45) is 0.905. The molecule has 0 unspecified atom stereocenters. The summed E-state index contributed by atoms with van der Waals surface area (Å²) in [5.41, 5.74) is 1.41. The quantitative estimate of drug-likeness (QED) is 0.499. The van der Waals surface area contributed by atoms with Crippen LogP contribution >= 0.6 is 23.4 Å². The highest BCUT2D eigenvalue weighted by Crippen LogP contribution is 2.25. The molecule has 0 bridgehead atoms. The second kappa shape index (κ2) is 6.91. The predicted octanol–water partition coefficient (Wildman–Crippen LogP) is 2.60. The molecule has 0 atom stereocenters. The second-order valence-electron chi connectivity index (χ2n) is 4.39. The molecule has 8 heteroatoms. The SMILES string of the molecule is Cc1nc(C(=O)O)ccc1-c1nnc(SCCCCl)n1C. The van der Waals surface area contributed by atoms with E-state index in [-0.39, 0.29) is 5.69 Å². The fourth-order valence-electron chi connectivity index (χ4n) is 1.81. The van der Waals surface area contributed by atoms with Crippen molar-refractivity contribution in [3.05, 3.63) is 23.5 Å². The number of nitrogens with zero attached hydrogens (tertiary/aromatic N) is 4. The van der Waals surface area contributed by atoms with Crippen LogP contribution in [-0.2, 0) is 7.05 Å². The molecule has 2 aromatic rings. The number of pyridine rings is 1. The Morgan fingerprint density at radius 2 is 2.19 bits per heavy atom. The van der Waals surface area contributed by atoms with Gasteiger partial charge in [-0.25, -0.2) is 9.78 Å². The normalized spacial score (nSPS) is 10.8. The summed E-state index contributed by atoms with van der Waals surface area (Å²) in [5.74, 6) is 1.13. The van der Waals surface area contributed by atoms with Crippen LogP contribution < -0.4 is 0 Å². The van der Waals surface area contributed by atoms with Gasteiger partial charge in [-0.15, -0.1) is 21.8 Å². The lowest BCUT2D eigenvalue weighted by Gasteiger charge is -2.06. The molecule has 2 rings (SSSR count). The maximum absolute atomic E-state index is 10.9. The van der Waals surface area contributed by atoms with Crippen molar-refractivity contribution >= 4 is 29.3 Å². The number of aryl methyl sites for hydroxylation is 1. The van der Waals surface area contributed by atoms with Crippen molar-refractivity contribution in [2.24, 2.45) is 7.05 Å². The molecular formula is C13H15ClN4O2S. The smallest absolute Gasteiger partial charge is 0.354 e. The summed E-state index contributed by atoms with van der Waals surface area (Å²) in [6, 6.07) is 3.18. The number of rotatable bonds is 6. The van der Waals surface area contributed by atoms with Crippen molar-refractivity contribution in [1.82, 2.24) is 19.7 Å². The van der Waals surface area contributed by atoms with Crippen molar-refractivity contribution in [3.63, 3.8) is 0 Å². The van der Waals surface area contributed by atoms with Gasteiger partial charge in [-0.3, -0.25) is 0 Å². The molecule has 0 aromatic carbocycles. The van der Waals surface area contributed by atoms with Crippen LogP contribution in [0.1, 0.15) is 22.6 Å². The zero-order valence-electron chi connectivity index (χ0n) is 11.7. The Kier molecular flexibility index (Phi) is 5.19. The predicted molar refractivity (Wildman–Crippen MR) is 82.0 cm³/mol. The minimum absolute atomic E-state index is 0.0233. The third-order valence-electron chi connectivity index (χ3n) is 2.89. The fraction of sp³-hybridized carbons (Fsp3) is 0.385. The number of halogens is 1. The number of aromatic nitrogens is 4. The van der Waals surface area contributed by atoms with E-state index >= 15 is 0 Å². The fourth-order valence-corrected chi connectivity index (χ4v) is 2.95. The molecular weight excluding hydrogens is 312 g/mol. The summed E-state index contributed by atoms with van der Waals surface area (Å²) < 4.78 is 1.88. The van der Waals surface area contributed by atoms with Gasteiger partial charge in [0.15, 0.2) is 11.0 Å². The lowest BCUT2D eigenvalue weighted by Crippen LogP contribution is -2.04. The molecule has 112 valence electrons. The number of carboxylic acid groups (broad SMARTS) is 1. The van der Waals surface area contributed by atoms with E-state index < -0.39 is 5.97 Å². The highest BCUT2D eigenvalue weighted by Gasteiger charge is 2.15. The lowest BCUT2D eigenvalue weighted by atomic mass is 10.1. The van der Waals surface area contributed by atoms with E-state index in [0.29, 0.717) is 17.4 Å². The van der Waals surface area contributed by atoms with E-state index in [2.05, 4.69) is 15.2 Å². The van der Waals surface area contributed by atoms with Crippen molar-refractivity contribution in [1.29, 1.82) is 0 Å². The summed E-state index contributed by atoms with van der Waals surface area (Å²) in [6.45, 7) is 1.76. The van der Waals surface area contributed by atoms with Gasteiger partial charge < -0.3 is 9.67 Å². The Morgan fingerprint density at radius 1 is 1.43 bits per heavy atom. The van der Waals surface area contributed by atoms with Crippen LogP contribution in [0.15, 0.2) is 17.3 Å². The molecule has 0 aliphatic heterocycles. The molecule has 0 aliphatic rings. The first-order valence-electron chi connectivity index (χ1n) is 6.34. The zero-order valence-corrected chi connectivity index (χ0v) is 13.3. The van der Waals surface area contributed by atoms with Crippen LogP contribution in [0.5, 0.6) is 0 Å². The first kappa shape index (κ1) is 15.8. The topological polar surface area (TPSA) is 80.9 Å². The molecule has 6 nitrogen and oxygen atoms in total. The van der Waals surface area contributed by atoms with Crippen LogP contribution in [0.2, 0.25) is 0 Å². The van der Waals surface area contributed by atoms with Gasteiger partial charge in [0.1, 0.15) is 5.69 Å². The summed E-state index contributed by atoms with van der Waals surface area (Å²) >= 11 is 7.25. The number of alkyl halides is 1. The van der Waals surface area contributed by atoms with Gasteiger partial charge in [-0.2, -0.15) is 0 Å². The number of hydrogen-bond acceptors (Lipinski definition) is 5. The minimum Gasteiger partial charge on any atom is -0.477 e. The van der Waals surface area contributed by atoms with Crippen LogP contribution in [0, 0.1) is 6.92 Å². The van der Waals surface area contributed by atoms with Gasteiger partial charge in [0.2, 0.25) is 0 Å². The summed E-state index contributed by atoms with van der Waals surface area (Å²) in [4.78, 5) is 15.0. The maximum atomic E-state index is 10.9. The van der Waals surface area contributed by atoms with Gasteiger partial charge in [0.25, 0.3) is 0 Å². The molecule has 2 aromatic heterocycles. The summed E-state index contributed by atoms with van der Waals surface area (Å²) in [5, 5.41) is 18.1. The van der Waals surface area contributed by atoms with E-state index in [0.717, 1.165) is 22.9 Å². The maximum Gasteiger partial charge on any atom is 0.354 e. The molecule has 2 heterocycles. The third kappa shape index (κ3) is 3.54. The number of carboxylic acids is 1. The Hall–Kier alpha value is -1.60. The Bertz CT molecular complexity index is 660. The van der Waals surface area contributed by atoms with Gasteiger partial charge in [-0.1, -0.05) is 11.8 Å². The molecule has 0 amide bonds. The van der Waals surface area contributed by atoms with E-state index in [1.807, 2.05) is 11.6 Å². The van der Waals surface area contributed by atoms with Crippen molar-refractivity contribution in [3.8, 4) is 11.4 Å².